The van der Waals surface area contributed by atoms with Crippen LogP contribution in [0.1, 0.15) is 54.5 Å². The number of rotatable bonds is 5. The third-order valence-electron chi connectivity index (χ3n) is 5.28. The Bertz CT molecular complexity index is 994. The number of hydrogen-bond acceptors (Lipinski definition) is 6. The predicted molar refractivity (Wildman–Crippen MR) is 120 cm³/mol. The van der Waals surface area contributed by atoms with Gasteiger partial charge in [0.1, 0.15) is 5.75 Å². The van der Waals surface area contributed by atoms with Crippen molar-refractivity contribution in [3.8, 4) is 5.75 Å². The lowest BCUT2D eigenvalue weighted by Gasteiger charge is -2.32. The molecule has 170 valence electrons. The van der Waals surface area contributed by atoms with Gasteiger partial charge in [-0.05, 0) is 25.0 Å². The number of nitrogens with zero attached hydrogens (tertiary/aromatic N) is 3. The molecule has 1 aromatic carbocycles. The Morgan fingerprint density at radius 1 is 1.06 bits per heavy atom. The van der Waals surface area contributed by atoms with Crippen molar-refractivity contribution in [1.29, 1.82) is 0 Å². The number of likely N-dealkylation sites (tertiary alicyclic amines) is 1. The number of carbonyl (C=O) groups excluding carboxylic acids is 3. The summed E-state index contributed by atoms with van der Waals surface area (Å²) in [7, 11) is 1.54. The first-order chi connectivity index (χ1) is 15.2. The number of para-hydroxylation sites is 1. The number of aromatic nitrogens is 2. The van der Waals surface area contributed by atoms with Crippen LogP contribution in [0.2, 0.25) is 0 Å². The Labute approximate surface area is 187 Å². The van der Waals surface area contributed by atoms with Crippen LogP contribution in [0.3, 0.4) is 0 Å². The van der Waals surface area contributed by atoms with E-state index in [-0.39, 0.29) is 29.4 Å². The molecule has 1 saturated heterocycles. The standard InChI is InChI=1S/C23H29N5O4/c1-23(2,3)22(31)27-19-18(24-11-12-25-19)20(29)26-15-9-13-28(14-10-15)21(30)16-7-5-6-8-17(16)32-4/h5-8,11-12,15H,9-10,13-14H2,1-4H3,(H,26,29)(H,25,27,31). The van der Waals surface area contributed by atoms with Gasteiger partial charge in [-0.15, -0.1) is 0 Å². The molecule has 0 radical (unpaired) electrons. The SMILES string of the molecule is COc1ccccc1C(=O)N1CCC(NC(=O)c2nccnc2NC(=O)C(C)(C)C)CC1. The van der Waals surface area contributed by atoms with Gasteiger partial charge in [-0.3, -0.25) is 14.4 Å². The fraction of sp³-hybridized carbons (Fsp3) is 0.435. The summed E-state index contributed by atoms with van der Waals surface area (Å²) in [5.41, 5.74) is -0.0413. The number of amides is 3. The Balaban J connectivity index is 1.61. The highest BCUT2D eigenvalue weighted by Gasteiger charge is 2.28. The molecule has 1 fully saturated rings. The molecule has 0 atom stereocenters. The van der Waals surface area contributed by atoms with E-state index in [2.05, 4.69) is 20.6 Å². The zero-order valence-corrected chi connectivity index (χ0v) is 18.8. The molecule has 9 heteroatoms. The molecule has 2 N–H and O–H groups in total. The van der Waals surface area contributed by atoms with E-state index in [1.165, 1.54) is 12.4 Å². The van der Waals surface area contributed by atoms with E-state index in [0.717, 1.165) is 0 Å². The van der Waals surface area contributed by atoms with Crippen LogP contribution in [0.4, 0.5) is 5.82 Å². The Morgan fingerprint density at radius 2 is 1.72 bits per heavy atom. The van der Waals surface area contributed by atoms with Crippen molar-refractivity contribution in [2.45, 2.75) is 39.7 Å². The summed E-state index contributed by atoms with van der Waals surface area (Å²) in [6.07, 6.45) is 4.06. The third-order valence-corrected chi connectivity index (χ3v) is 5.28. The predicted octanol–water partition coefficient (Wildman–Crippen LogP) is 2.50. The largest absolute Gasteiger partial charge is 0.496 e. The zero-order chi connectivity index (χ0) is 23.3. The second kappa shape index (κ2) is 9.76. The van der Waals surface area contributed by atoms with E-state index in [9.17, 15) is 14.4 Å². The van der Waals surface area contributed by atoms with Gasteiger partial charge in [0.2, 0.25) is 5.91 Å². The summed E-state index contributed by atoms with van der Waals surface area (Å²) in [5.74, 6) is -0.0746. The maximum Gasteiger partial charge on any atom is 0.273 e. The van der Waals surface area contributed by atoms with Gasteiger partial charge in [0, 0.05) is 36.9 Å². The lowest BCUT2D eigenvalue weighted by molar-refractivity contribution is -0.123. The van der Waals surface area contributed by atoms with E-state index in [4.69, 9.17) is 4.74 Å². The van der Waals surface area contributed by atoms with Gasteiger partial charge in [0.25, 0.3) is 11.8 Å². The maximum absolute atomic E-state index is 12.9. The summed E-state index contributed by atoms with van der Waals surface area (Å²) >= 11 is 0. The molecular weight excluding hydrogens is 410 g/mol. The van der Waals surface area contributed by atoms with E-state index in [1.54, 1.807) is 51.0 Å². The average molecular weight is 440 g/mol. The van der Waals surface area contributed by atoms with Crippen molar-refractivity contribution >= 4 is 23.5 Å². The van der Waals surface area contributed by atoms with Crippen molar-refractivity contribution in [2.24, 2.45) is 5.41 Å². The first-order valence-electron chi connectivity index (χ1n) is 10.6. The lowest BCUT2D eigenvalue weighted by Crippen LogP contribution is -2.47. The molecule has 9 nitrogen and oxygen atoms in total. The van der Waals surface area contributed by atoms with Crippen molar-refractivity contribution in [3.63, 3.8) is 0 Å². The number of nitrogens with one attached hydrogen (secondary N) is 2. The van der Waals surface area contributed by atoms with Gasteiger partial charge in [-0.1, -0.05) is 32.9 Å². The molecule has 1 aliphatic heterocycles. The summed E-state index contributed by atoms with van der Waals surface area (Å²) < 4.78 is 5.29. The number of methoxy groups -OCH3 is 1. The normalized spacial score (nSPS) is 14.6. The highest BCUT2D eigenvalue weighted by Crippen LogP contribution is 2.22. The fourth-order valence-electron chi connectivity index (χ4n) is 3.36. The summed E-state index contributed by atoms with van der Waals surface area (Å²) in [5, 5.41) is 5.64. The molecule has 3 rings (SSSR count). The molecular formula is C23H29N5O4. The number of piperidine rings is 1. The van der Waals surface area contributed by atoms with Crippen molar-refractivity contribution in [3.05, 3.63) is 47.9 Å². The molecule has 0 aliphatic carbocycles. The zero-order valence-electron chi connectivity index (χ0n) is 18.8. The van der Waals surface area contributed by atoms with Crippen LogP contribution in [0.5, 0.6) is 5.75 Å². The van der Waals surface area contributed by atoms with Crippen molar-refractivity contribution in [2.75, 3.05) is 25.5 Å². The smallest absolute Gasteiger partial charge is 0.273 e. The fourth-order valence-corrected chi connectivity index (χ4v) is 3.36. The van der Waals surface area contributed by atoms with E-state index < -0.39 is 11.3 Å². The molecule has 0 saturated carbocycles. The molecule has 1 aliphatic rings. The molecule has 0 bridgehead atoms. The van der Waals surface area contributed by atoms with Crippen molar-refractivity contribution in [1.82, 2.24) is 20.2 Å². The second-order valence-corrected chi connectivity index (χ2v) is 8.70. The van der Waals surface area contributed by atoms with Crippen LogP contribution >= 0.6 is 0 Å². The van der Waals surface area contributed by atoms with Crippen LogP contribution in [-0.4, -0.2) is 58.8 Å². The van der Waals surface area contributed by atoms with E-state index in [1.807, 2.05) is 6.07 Å². The number of benzene rings is 1. The summed E-state index contributed by atoms with van der Waals surface area (Å²) in [4.78, 5) is 48.0. The first kappa shape index (κ1) is 23.2. The molecule has 2 heterocycles. The highest BCUT2D eigenvalue weighted by molar-refractivity contribution is 6.02. The van der Waals surface area contributed by atoms with Gasteiger partial charge < -0.3 is 20.3 Å². The number of carbonyl (C=O) groups is 3. The molecule has 3 amide bonds. The highest BCUT2D eigenvalue weighted by atomic mass is 16.5. The van der Waals surface area contributed by atoms with Crippen molar-refractivity contribution < 1.29 is 19.1 Å². The maximum atomic E-state index is 12.9. The van der Waals surface area contributed by atoms with Crippen LogP contribution in [0.25, 0.3) is 0 Å². The Morgan fingerprint density at radius 3 is 2.38 bits per heavy atom. The van der Waals surface area contributed by atoms with Crippen LogP contribution in [0.15, 0.2) is 36.7 Å². The second-order valence-electron chi connectivity index (χ2n) is 8.70. The van der Waals surface area contributed by atoms with Gasteiger partial charge in [0.05, 0.1) is 12.7 Å². The lowest BCUT2D eigenvalue weighted by atomic mass is 9.96. The first-order valence-corrected chi connectivity index (χ1v) is 10.6. The summed E-state index contributed by atoms with van der Waals surface area (Å²) in [6.45, 7) is 6.35. The molecule has 32 heavy (non-hydrogen) atoms. The number of hydrogen-bond donors (Lipinski definition) is 2. The Kier molecular flexibility index (Phi) is 7.07. The molecule has 0 unspecified atom stereocenters. The van der Waals surface area contributed by atoms with Crippen LogP contribution in [0, 0.1) is 5.41 Å². The van der Waals surface area contributed by atoms with Crippen LogP contribution < -0.4 is 15.4 Å². The molecule has 1 aromatic heterocycles. The molecule has 0 spiro atoms. The van der Waals surface area contributed by atoms with Crippen LogP contribution in [-0.2, 0) is 4.79 Å². The summed E-state index contributed by atoms with van der Waals surface area (Å²) in [6, 6.07) is 7.02. The molecule has 2 aromatic rings. The third kappa shape index (κ3) is 5.40. The van der Waals surface area contributed by atoms with Gasteiger partial charge in [0.15, 0.2) is 11.5 Å². The monoisotopic (exact) mass is 439 g/mol. The number of anilines is 1. The minimum atomic E-state index is -0.633. The minimum Gasteiger partial charge on any atom is -0.496 e. The average Bonchev–Trinajstić information content (AvgIpc) is 2.78. The van der Waals surface area contributed by atoms with Gasteiger partial charge in [-0.2, -0.15) is 0 Å². The minimum absolute atomic E-state index is 0.0672. The van der Waals surface area contributed by atoms with Gasteiger partial charge in [-0.25, -0.2) is 9.97 Å². The Hall–Kier alpha value is -3.49. The quantitative estimate of drug-likeness (QED) is 0.740. The topological polar surface area (TPSA) is 114 Å². The van der Waals surface area contributed by atoms with E-state index >= 15 is 0 Å². The van der Waals surface area contributed by atoms with Gasteiger partial charge >= 0.3 is 0 Å². The van der Waals surface area contributed by atoms with E-state index in [0.29, 0.717) is 37.2 Å². The number of ether oxygens (including phenoxy) is 1.